The molecule has 1 aliphatic rings. The minimum Gasteiger partial charge on any atom is -0.469 e. The number of methoxy groups -OCH3 is 2. The minimum absolute atomic E-state index is 0.105. The van der Waals surface area contributed by atoms with Crippen LogP contribution in [0.1, 0.15) is 58.1 Å². The van der Waals surface area contributed by atoms with E-state index in [1.807, 2.05) is 30.3 Å². The van der Waals surface area contributed by atoms with Gasteiger partial charge in [-0.25, -0.2) is 4.79 Å². The maximum Gasteiger partial charge on any atom is 0.355 e. The van der Waals surface area contributed by atoms with Crippen LogP contribution >= 0.6 is 0 Å². The molecule has 0 radical (unpaired) electrons. The molecule has 0 amide bonds. The second-order valence-electron chi connectivity index (χ2n) is 6.98. The predicted octanol–water partition coefficient (Wildman–Crippen LogP) is 3.07. The summed E-state index contributed by atoms with van der Waals surface area (Å²) in [6.07, 6.45) is 2.55. The van der Waals surface area contributed by atoms with Gasteiger partial charge in [0.05, 0.1) is 20.1 Å². The van der Waals surface area contributed by atoms with Gasteiger partial charge in [0.25, 0.3) is 0 Å². The Labute approximate surface area is 169 Å². The SMILES string of the molecule is COC(=O)CCc1c(C(=O)OCc2ccccc2)[nH]c2c1C(C(=O)OC)CCC2. The summed E-state index contributed by atoms with van der Waals surface area (Å²) in [5.41, 5.74) is 3.40. The molecule has 0 saturated carbocycles. The van der Waals surface area contributed by atoms with Crippen LogP contribution < -0.4 is 0 Å². The van der Waals surface area contributed by atoms with Gasteiger partial charge in [-0.1, -0.05) is 30.3 Å². The van der Waals surface area contributed by atoms with Gasteiger partial charge in [0.1, 0.15) is 12.3 Å². The minimum atomic E-state index is -0.508. The zero-order chi connectivity index (χ0) is 20.8. The molecule has 1 heterocycles. The molecule has 0 spiro atoms. The van der Waals surface area contributed by atoms with E-state index < -0.39 is 11.9 Å². The summed E-state index contributed by atoms with van der Waals surface area (Å²) >= 11 is 0. The molecule has 2 aromatic rings. The van der Waals surface area contributed by atoms with Crippen LogP contribution in [0.5, 0.6) is 0 Å². The summed E-state index contributed by atoms with van der Waals surface area (Å²) in [5.74, 6) is -1.68. The lowest BCUT2D eigenvalue weighted by Gasteiger charge is -2.22. The number of hydrogen-bond acceptors (Lipinski definition) is 6. The zero-order valence-electron chi connectivity index (χ0n) is 16.7. The van der Waals surface area contributed by atoms with Gasteiger partial charge in [-0.05, 0) is 42.4 Å². The van der Waals surface area contributed by atoms with Gasteiger partial charge in [0.15, 0.2) is 0 Å². The Bertz CT molecular complexity index is 886. The van der Waals surface area contributed by atoms with Crippen molar-refractivity contribution in [2.75, 3.05) is 14.2 Å². The number of esters is 3. The molecule has 1 aliphatic carbocycles. The quantitative estimate of drug-likeness (QED) is 0.568. The first kappa shape index (κ1) is 20.6. The van der Waals surface area contributed by atoms with Crippen LogP contribution in [0.25, 0.3) is 0 Å². The lowest BCUT2D eigenvalue weighted by atomic mass is 9.83. The molecule has 0 bridgehead atoms. The fraction of sp³-hybridized carbons (Fsp3) is 0.409. The van der Waals surface area contributed by atoms with E-state index in [9.17, 15) is 14.4 Å². The number of hydrogen-bond donors (Lipinski definition) is 1. The predicted molar refractivity (Wildman–Crippen MR) is 104 cm³/mol. The van der Waals surface area contributed by atoms with Crippen LogP contribution in [0.2, 0.25) is 0 Å². The van der Waals surface area contributed by atoms with Gasteiger partial charge in [-0.3, -0.25) is 9.59 Å². The summed E-state index contributed by atoms with van der Waals surface area (Å²) in [6.45, 7) is 0.139. The van der Waals surface area contributed by atoms with Crippen LogP contribution in [0.4, 0.5) is 0 Å². The lowest BCUT2D eigenvalue weighted by Crippen LogP contribution is -2.20. The molecule has 1 unspecified atom stereocenters. The molecule has 7 heteroatoms. The Balaban J connectivity index is 1.90. The van der Waals surface area contributed by atoms with Crippen LogP contribution in [0.3, 0.4) is 0 Å². The second kappa shape index (κ2) is 9.41. The Kier molecular flexibility index (Phi) is 6.69. The molecule has 3 rings (SSSR count). The van der Waals surface area contributed by atoms with Crippen LogP contribution in [0, 0.1) is 0 Å². The Morgan fingerprint density at radius 1 is 1.10 bits per heavy atom. The first-order valence-corrected chi connectivity index (χ1v) is 9.64. The molecule has 1 aromatic carbocycles. The third-order valence-electron chi connectivity index (χ3n) is 5.21. The fourth-order valence-corrected chi connectivity index (χ4v) is 3.79. The average molecular weight is 399 g/mol. The molecule has 0 fully saturated rings. The number of carbonyl (C=O) groups is 3. The summed E-state index contributed by atoms with van der Waals surface area (Å²) in [5, 5.41) is 0. The van der Waals surface area contributed by atoms with Crippen molar-refractivity contribution < 1.29 is 28.6 Å². The van der Waals surface area contributed by atoms with E-state index >= 15 is 0 Å². The van der Waals surface area contributed by atoms with Gasteiger partial charge < -0.3 is 19.2 Å². The number of carbonyl (C=O) groups excluding carboxylic acids is 3. The van der Waals surface area contributed by atoms with Crippen molar-refractivity contribution >= 4 is 17.9 Å². The number of aromatic amines is 1. The number of fused-ring (bicyclic) bond motifs is 1. The van der Waals surface area contributed by atoms with Crippen molar-refractivity contribution in [2.24, 2.45) is 0 Å². The van der Waals surface area contributed by atoms with E-state index in [0.717, 1.165) is 29.7 Å². The number of H-pyrrole nitrogens is 1. The number of rotatable bonds is 7. The van der Waals surface area contributed by atoms with Crippen LogP contribution in [-0.4, -0.2) is 37.1 Å². The number of aromatic nitrogens is 1. The molecule has 29 heavy (non-hydrogen) atoms. The van der Waals surface area contributed by atoms with Gasteiger partial charge >= 0.3 is 17.9 Å². The standard InChI is InChI=1S/C22H25NO6/c1-27-18(24)12-11-15-19-16(21(25)28-2)9-6-10-17(19)23-20(15)22(26)29-13-14-7-4-3-5-8-14/h3-5,7-8,16,23H,6,9-13H2,1-2H3. The summed E-state index contributed by atoms with van der Waals surface area (Å²) in [6, 6.07) is 9.39. The van der Waals surface area contributed by atoms with Crippen molar-refractivity contribution in [1.29, 1.82) is 0 Å². The van der Waals surface area contributed by atoms with Crippen LogP contribution in [0.15, 0.2) is 30.3 Å². The molecular formula is C22H25NO6. The van der Waals surface area contributed by atoms with E-state index in [4.69, 9.17) is 14.2 Å². The number of nitrogens with one attached hydrogen (secondary N) is 1. The summed E-state index contributed by atoms with van der Waals surface area (Å²) < 4.78 is 15.2. The van der Waals surface area contributed by atoms with Gasteiger partial charge in [0, 0.05) is 12.1 Å². The molecule has 1 atom stereocenters. The lowest BCUT2D eigenvalue weighted by molar-refractivity contribution is -0.143. The monoisotopic (exact) mass is 399 g/mol. The maximum absolute atomic E-state index is 12.8. The highest BCUT2D eigenvalue weighted by molar-refractivity contribution is 5.91. The van der Waals surface area contributed by atoms with E-state index in [1.165, 1.54) is 14.2 Å². The average Bonchev–Trinajstić information content (AvgIpc) is 3.14. The van der Waals surface area contributed by atoms with Gasteiger partial charge in [0.2, 0.25) is 0 Å². The van der Waals surface area contributed by atoms with E-state index in [1.54, 1.807) is 0 Å². The highest BCUT2D eigenvalue weighted by Gasteiger charge is 2.34. The molecule has 0 saturated heterocycles. The molecule has 154 valence electrons. The number of benzene rings is 1. The highest BCUT2D eigenvalue weighted by Crippen LogP contribution is 2.37. The Hall–Kier alpha value is -3.09. The highest BCUT2D eigenvalue weighted by atomic mass is 16.5. The number of ether oxygens (including phenoxy) is 3. The van der Waals surface area contributed by atoms with Crippen LogP contribution in [-0.2, 0) is 43.2 Å². The van der Waals surface area contributed by atoms with Gasteiger partial charge in [-0.2, -0.15) is 0 Å². The zero-order valence-corrected chi connectivity index (χ0v) is 16.7. The Morgan fingerprint density at radius 2 is 1.86 bits per heavy atom. The third-order valence-corrected chi connectivity index (χ3v) is 5.21. The van der Waals surface area contributed by atoms with Crippen molar-refractivity contribution in [3.8, 4) is 0 Å². The van der Waals surface area contributed by atoms with E-state index in [0.29, 0.717) is 17.7 Å². The number of aryl methyl sites for hydroxylation is 1. The maximum atomic E-state index is 12.8. The summed E-state index contributed by atoms with van der Waals surface area (Å²) in [4.78, 5) is 40.0. The molecule has 1 N–H and O–H groups in total. The smallest absolute Gasteiger partial charge is 0.355 e. The molecule has 7 nitrogen and oxygen atoms in total. The molecule has 1 aromatic heterocycles. The largest absolute Gasteiger partial charge is 0.469 e. The third kappa shape index (κ3) is 4.67. The van der Waals surface area contributed by atoms with E-state index in [2.05, 4.69) is 4.98 Å². The first-order valence-electron chi connectivity index (χ1n) is 9.64. The summed E-state index contributed by atoms with van der Waals surface area (Å²) in [7, 11) is 2.67. The van der Waals surface area contributed by atoms with E-state index in [-0.39, 0.29) is 31.4 Å². The van der Waals surface area contributed by atoms with Crippen molar-refractivity contribution in [1.82, 2.24) is 4.98 Å². The van der Waals surface area contributed by atoms with Gasteiger partial charge in [-0.15, -0.1) is 0 Å². The Morgan fingerprint density at radius 3 is 2.55 bits per heavy atom. The fourth-order valence-electron chi connectivity index (χ4n) is 3.79. The van der Waals surface area contributed by atoms with Crippen molar-refractivity contribution in [3.05, 3.63) is 58.4 Å². The first-order chi connectivity index (χ1) is 14.0. The molecular weight excluding hydrogens is 374 g/mol. The molecule has 0 aliphatic heterocycles. The topological polar surface area (TPSA) is 94.7 Å². The van der Waals surface area contributed by atoms with Crippen molar-refractivity contribution in [2.45, 2.75) is 44.6 Å². The second-order valence-corrected chi connectivity index (χ2v) is 6.98. The van der Waals surface area contributed by atoms with Crippen molar-refractivity contribution in [3.63, 3.8) is 0 Å². The normalized spacial score (nSPS) is 15.3.